The molecule has 0 saturated carbocycles. The van der Waals surface area contributed by atoms with E-state index in [1.54, 1.807) is 19.1 Å². The molecule has 0 bridgehead atoms. The van der Waals surface area contributed by atoms with E-state index >= 15 is 8.78 Å². The molecule has 66 heavy (non-hydrogen) atoms. The molecule has 0 saturated heterocycles. The first-order valence-electron chi connectivity index (χ1n) is 19.2. The maximum atomic E-state index is 15.0. The molecular weight excluding hydrogens is 959 g/mol. The van der Waals surface area contributed by atoms with Gasteiger partial charge in [-0.05, 0) is 66.0 Å². The molecule has 2 aromatic carbocycles. The summed E-state index contributed by atoms with van der Waals surface area (Å²) in [5.74, 6) is -57.9. The smallest absolute Gasteiger partial charge is 0.460 e. The van der Waals surface area contributed by atoms with E-state index in [1.165, 1.54) is 83.6 Å². The van der Waals surface area contributed by atoms with Crippen LogP contribution >= 0.6 is 0 Å². The third kappa shape index (κ3) is 11.4. The van der Waals surface area contributed by atoms with Gasteiger partial charge in [0.25, 0.3) is 5.91 Å². The van der Waals surface area contributed by atoms with Crippen LogP contribution in [0.1, 0.15) is 59.6 Å². The molecule has 9 nitrogen and oxygen atoms in total. The van der Waals surface area contributed by atoms with Crippen LogP contribution < -0.4 is 20.3 Å². The number of carbonyl (C=O) groups is 2. The molecule has 0 spiro atoms. The van der Waals surface area contributed by atoms with Crippen LogP contribution in [0, 0.1) is 5.92 Å². The lowest BCUT2D eigenvalue weighted by Gasteiger charge is -2.44. The minimum absolute atomic E-state index is 0.0782. The average Bonchev–Trinajstić information content (AvgIpc) is 3.21. The van der Waals surface area contributed by atoms with Gasteiger partial charge in [0.2, 0.25) is 0 Å². The molecule has 2 atom stereocenters. The fraction of sp³-hybridized carbons (Fsp3) is 0.590. The number of methoxy groups -OCH3 is 1. The molecule has 2 amide bonds. The molecule has 3 N–H and O–H groups in total. The van der Waals surface area contributed by atoms with Crippen LogP contribution in [0.25, 0.3) is 0 Å². The van der Waals surface area contributed by atoms with E-state index in [9.17, 15) is 75.4 Å². The number of anilines is 1. The van der Waals surface area contributed by atoms with Gasteiger partial charge in [-0.15, -0.1) is 0 Å². The minimum Gasteiger partial charge on any atom is -0.497 e. The molecule has 376 valence electrons. The lowest BCUT2D eigenvalue weighted by atomic mass is 9.88. The number of ether oxygens (including phenoxy) is 3. The first-order valence-corrected chi connectivity index (χ1v) is 21.5. The number of amides is 2. The molecule has 2 aromatic rings. The summed E-state index contributed by atoms with van der Waals surface area (Å²) in [5.41, 5.74) is 0.619. The Labute approximate surface area is 367 Å². The molecule has 0 aromatic heterocycles. The Hall–Kier alpha value is -4.53. The first-order chi connectivity index (χ1) is 29.9. The maximum absolute atomic E-state index is 15.0. The third-order valence-corrected chi connectivity index (χ3v) is 16.4. The Bertz CT molecular complexity index is 1960. The molecule has 0 heterocycles. The summed E-state index contributed by atoms with van der Waals surface area (Å²) >= 11 is 0. The number of alkyl halides is 17. The van der Waals surface area contributed by atoms with Crippen molar-refractivity contribution in [3.8, 4) is 11.5 Å². The summed E-state index contributed by atoms with van der Waals surface area (Å²) in [7, 11) is -2.60. The van der Waals surface area contributed by atoms with E-state index in [0.717, 1.165) is 6.08 Å². The highest BCUT2D eigenvalue weighted by Crippen LogP contribution is 2.64. The summed E-state index contributed by atoms with van der Waals surface area (Å²) in [6.07, 6.45) is -11.4. The van der Waals surface area contributed by atoms with Crippen molar-refractivity contribution < 1.29 is 108 Å². The lowest BCUT2D eigenvalue weighted by Crippen LogP contribution is -2.74. The molecular formula is C39H45F17N2O7Si. The number of halogens is 17. The van der Waals surface area contributed by atoms with E-state index in [1.807, 2.05) is 0 Å². The summed E-state index contributed by atoms with van der Waals surface area (Å²) in [6, 6.07) is 10.4. The number of benzene rings is 2. The van der Waals surface area contributed by atoms with Gasteiger partial charge in [0.1, 0.15) is 24.2 Å². The molecule has 0 unspecified atom stereocenters. The second-order valence-corrected chi connectivity index (χ2v) is 20.5. The topological polar surface area (TPSA) is 115 Å². The van der Waals surface area contributed by atoms with Gasteiger partial charge in [-0.1, -0.05) is 52.3 Å². The van der Waals surface area contributed by atoms with Gasteiger partial charge < -0.3 is 18.6 Å². The van der Waals surface area contributed by atoms with Crippen LogP contribution in [-0.2, 0) is 14.0 Å². The maximum Gasteiger partial charge on any atom is 0.460 e. The predicted molar refractivity (Wildman–Crippen MR) is 203 cm³/mol. The van der Waals surface area contributed by atoms with Gasteiger partial charge in [0, 0.05) is 24.1 Å². The van der Waals surface area contributed by atoms with E-state index in [0.29, 0.717) is 22.6 Å². The largest absolute Gasteiger partial charge is 0.497 e. The van der Waals surface area contributed by atoms with Crippen molar-refractivity contribution in [1.29, 1.82) is 0 Å². The van der Waals surface area contributed by atoms with Crippen LogP contribution in [0.2, 0.25) is 17.1 Å². The van der Waals surface area contributed by atoms with E-state index in [2.05, 4.69) is 5.32 Å². The summed E-state index contributed by atoms with van der Waals surface area (Å²) in [4.78, 5) is 24.8. The number of hydroxylamine groups is 1. The number of carbonyl (C=O) groups excluding carboxylic acids is 2. The Balaban J connectivity index is 2.32. The number of hydrogen-bond acceptors (Lipinski definition) is 7. The standard InChI is InChI=1S/C39H45F17N2O7Si/c1-21(2)66(22(3)4,19-16-32(40,41)33(42,43)34(44,45)35(46,47)36(48,49)37(50,51)38(52,53)39(54,55)56)64-18-17-63-28-12-8-25(9-13-28)30(24(6)23(5)20-29(59)58-61)65-31(60)57-26-10-14-27(62-7)15-11-26/h8-15,20-22,24,30,61H,16-19H2,1-7H3,(H,57,60)(H,58,59)/b23-20+/t24-,30-/m1/s1. The first kappa shape index (κ1) is 57.6. The van der Waals surface area contributed by atoms with Crippen molar-refractivity contribution in [2.24, 2.45) is 5.92 Å². The van der Waals surface area contributed by atoms with Gasteiger partial charge in [-0.2, -0.15) is 74.6 Å². The fourth-order valence-electron chi connectivity index (χ4n) is 6.51. The van der Waals surface area contributed by atoms with E-state index in [-0.39, 0.29) is 5.75 Å². The summed E-state index contributed by atoms with van der Waals surface area (Å²) in [6.45, 7) is 7.31. The summed E-state index contributed by atoms with van der Waals surface area (Å²) < 4.78 is 258. The Morgan fingerprint density at radius 3 is 1.56 bits per heavy atom. The normalized spacial score (nSPS) is 15.1. The van der Waals surface area contributed by atoms with Gasteiger partial charge in [-0.3, -0.25) is 15.3 Å². The predicted octanol–water partition coefficient (Wildman–Crippen LogP) is 12.6. The van der Waals surface area contributed by atoms with Gasteiger partial charge in [-0.25, -0.2) is 10.3 Å². The van der Waals surface area contributed by atoms with Crippen LogP contribution in [0.4, 0.5) is 85.1 Å². The van der Waals surface area contributed by atoms with Crippen molar-refractivity contribution in [3.63, 3.8) is 0 Å². The molecule has 27 heteroatoms. The van der Waals surface area contributed by atoms with Crippen LogP contribution in [-0.4, -0.2) is 93.5 Å². The van der Waals surface area contributed by atoms with Crippen molar-refractivity contribution in [3.05, 3.63) is 65.7 Å². The van der Waals surface area contributed by atoms with Crippen molar-refractivity contribution in [1.82, 2.24) is 5.48 Å². The Morgan fingerprint density at radius 1 is 0.667 bits per heavy atom. The third-order valence-electron chi connectivity index (χ3n) is 10.7. The fourth-order valence-corrected chi connectivity index (χ4v) is 11.0. The molecule has 0 fully saturated rings. The zero-order chi connectivity index (χ0) is 51.3. The van der Waals surface area contributed by atoms with Crippen molar-refractivity contribution in [2.45, 2.75) is 119 Å². The number of nitrogens with one attached hydrogen (secondary N) is 2. The second-order valence-electron chi connectivity index (χ2n) is 15.5. The van der Waals surface area contributed by atoms with Gasteiger partial charge in [0.05, 0.1) is 13.7 Å². The van der Waals surface area contributed by atoms with Gasteiger partial charge in [0.15, 0.2) is 8.32 Å². The average molecular weight is 1000 g/mol. The zero-order valence-electron chi connectivity index (χ0n) is 35.7. The highest BCUT2D eigenvalue weighted by Gasteiger charge is 2.95. The quantitative estimate of drug-likeness (QED) is 0.0254. The van der Waals surface area contributed by atoms with Crippen LogP contribution in [0.5, 0.6) is 11.5 Å². The minimum atomic E-state index is -8.71. The molecule has 0 radical (unpaired) electrons. The number of hydrogen-bond donors (Lipinski definition) is 3. The Morgan fingerprint density at radius 2 is 1.12 bits per heavy atom. The molecule has 2 rings (SSSR count). The summed E-state index contributed by atoms with van der Waals surface area (Å²) in [5, 5.41) is 11.5. The highest BCUT2D eigenvalue weighted by molar-refractivity contribution is 6.76. The Kier molecular flexibility index (Phi) is 18.1. The van der Waals surface area contributed by atoms with E-state index < -0.39 is 117 Å². The lowest BCUT2D eigenvalue weighted by molar-refractivity contribution is -0.461. The van der Waals surface area contributed by atoms with Crippen LogP contribution in [0.15, 0.2) is 60.2 Å². The number of rotatable bonds is 23. The van der Waals surface area contributed by atoms with Crippen molar-refractivity contribution in [2.75, 3.05) is 25.6 Å². The van der Waals surface area contributed by atoms with Crippen molar-refractivity contribution >= 4 is 26.0 Å². The highest BCUT2D eigenvalue weighted by atomic mass is 28.4. The van der Waals surface area contributed by atoms with E-state index in [4.69, 9.17) is 23.8 Å². The molecule has 0 aliphatic heterocycles. The monoisotopic (exact) mass is 1000 g/mol. The molecule has 0 aliphatic carbocycles. The zero-order valence-corrected chi connectivity index (χ0v) is 36.7. The van der Waals surface area contributed by atoms with Crippen LogP contribution in [0.3, 0.4) is 0 Å². The second kappa shape index (κ2) is 20.8. The molecule has 0 aliphatic rings. The van der Waals surface area contributed by atoms with Gasteiger partial charge >= 0.3 is 53.7 Å². The SMILES string of the molecule is COc1ccc(NC(=O)O[C@@H](c2ccc(OCCO[Si](CCC(F)(F)C(F)(F)C(F)(F)C(F)(F)C(F)(F)C(F)(F)C(F)(F)C(F)(F)F)(C(C)C)C(C)C)cc2)[C@H](C)/C(C)=C/C(=O)NO)cc1.